The Bertz CT molecular complexity index is 358. The van der Waals surface area contributed by atoms with Crippen molar-refractivity contribution in [2.75, 3.05) is 7.11 Å². The first-order valence-electron chi connectivity index (χ1n) is 6.50. The SMILES string of the molecule is CCCCc1cc(OC)c(CC(C)N)cc1C. The van der Waals surface area contributed by atoms with Crippen molar-refractivity contribution in [3.8, 4) is 5.75 Å². The number of methoxy groups -OCH3 is 1. The lowest BCUT2D eigenvalue weighted by molar-refractivity contribution is 0.407. The highest BCUT2D eigenvalue weighted by Crippen LogP contribution is 2.25. The second kappa shape index (κ2) is 6.65. The molecule has 1 aromatic rings. The van der Waals surface area contributed by atoms with Crippen molar-refractivity contribution >= 4 is 0 Å². The van der Waals surface area contributed by atoms with Gasteiger partial charge in [-0.25, -0.2) is 0 Å². The van der Waals surface area contributed by atoms with Crippen molar-refractivity contribution < 1.29 is 4.74 Å². The van der Waals surface area contributed by atoms with Crippen molar-refractivity contribution in [2.24, 2.45) is 5.73 Å². The van der Waals surface area contributed by atoms with E-state index in [9.17, 15) is 0 Å². The minimum atomic E-state index is 0.171. The summed E-state index contributed by atoms with van der Waals surface area (Å²) in [5.74, 6) is 0.985. The maximum atomic E-state index is 5.86. The first-order chi connectivity index (χ1) is 8.08. The lowest BCUT2D eigenvalue weighted by Gasteiger charge is -2.15. The Morgan fingerprint density at radius 2 is 2.00 bits per heavy atom. The Hall–Kier alpha value is -1.02. The molecule has 0 radical (unpaired) electrons. The van der Waals surface area contributed by atoms with Crippen LogP contribution in [0.25, 0.3) is 0 Å². The summed E-state index contributed by atoms with van der Waals surface area (Å²) in [5.41, 5.74) is 9.84. The zero-order chi connectivity index (χ0) is 12.8. The van der Waals surface area contributed by atoms with E-state index in [2.05, 4.69) is 26.0 Å². The highest BCUT2D eigenvalue weighted by molar-refractivity contribution is 5.42. The van der Waals surface area contributed by atoms with E-state index < -0.39 is 0 Å². The number of nitrogens with two attached hydrogens (primary N) is 1. The molecule has 0 spiro atoms. The van der Waals surface area contributed by atoms with Crippen LogP contribution in [0.4, 0.5) is 0 Å². The van der Waals surface area contributed by atoms with Crippen LogP contribution in [0.1, 0.15) is 43.4 Å². The Kier molecular flexibility index (Phi) is 5.49. The van der Waals surface area contributed by atoms with Crippen molar-refractivity contribution in [1.82, 2.24) is 0 Å². The average molecular weight is 235 g/mol. The number of ether oxygens (including phenoxy) is 1. The van der Waals surface area contributed by atoms with E-state index in [1.165, 1.54) is 29.5 Å². The van der Waals surface area contributed by atoms with Crippen LogP contribution in [0.15, 0.2) is 12.1 Å². The number of aryl methyl sites for hydroxylation is 2. The quantitative estimate of drug-likeness (QED) is 0.821. The highest BCUT2D eigenvalue weighted by atomic mass is 16.5. The van der Waals surface area contributed by atoms with Crippen LogP contribution in [0.3, 0.4) is 0 Å². The Morgan fingerprint density at radius 3 is 2.53 bits per heavy atom. The van der Waals surface area contributed by atoms with Gasteiger partial charge in [-0.05, 0) is 55.9 Å². The van der Waals surface area contributed by atoms with Crippen LogP contribution in [0, 0.1) is 6.92 Å². The van der Waals surface area contributed by atoms with Crippen molar-refractivity contribution in [1.29, 1.82) is 0 Å². The van der Waals surface area contributed by atoms with Crippen LogP contribution in [-0.2, 0) is 12.8 Å². The topological polar surface area (TPSA) is 35.2 Å². The molecule has 0 aliphatic heterocycles. The molecular weight excluding hydrogens is 210 g/mol. The zero-order valence-electron chi connectivity index (χ0n) is 11.5. The molecule has 0 aliphatic rings. The summed E-state index contributed by atoms with van der Waals surface area (Å²) in [5, 5.41) is 0. The van der Waals surface area contributed by atoms with Gasteiger partial charge in [0.2, 0.25) is 0 Å². The summed E-state index contributed by atoms with van der Waals surface area (Å²) in [6, 6.07) is 4.58. The number of rotatable bonds is 6. The molecule has 0 bridgehead atoms. The van der Waals surface area contributed by atoms with Gasteiger partial charge < -0.3 is 10.5 Å². The molecule has 1 atom stereocenters. The molecule has 0 saturated heterocycles. The van der Waals surface area contributed by atoms with Gasteiger partial charge in [0.15, 0.2) is 0 Å². The monoisotopic (exact) mass is 235 g/mol. The van der Waals surface area contributed by atoms with Crippen LogP contribution in [0.5, 0.6) is 5.75 Å². The minimum Gasteiger partial charge on any atom is -0.496 e. The molecular formula is C15H25NO. The second-order valence-electron chi connectivity index (χ2n) is 4.88. The lowest BCUT2D eigenvalue weighted by Crippen LogP contribution is -2.18. The molecule has 1 aromatic carbocycles. The van der Waals surface area contributed by atoms with Crippen molar-refractivity contribution in [3.63, 3.8) is 0 Å². The van der Waals surface area contributed by atoms with E-state index in [4.69, 9.17) is 10.5 Å². The van der Waals surface area contributed by atoms with Crippen LogP contribution >= 0.6 is 0 Å². The fraction of sp³-hybridized carbons (Fsp3) is 0.600. The molecule has 0 amide bonds. The molecule has 17 heavy (non-hydrogen) atoms. The summed E-state index contributed by atoms with van der Waals surface area (Å²) in [4.78, 5) is 0. The normalized spacial score (nSPS) is 12.5. The molecule has 0 heterocycles. The zero-order valence-corrected chi connectivity index (χ0v) is 11.5. The molecule has 0 aromatic heterocycles. The van der Waals surface area contributed by atoms with Gasteiger partial charge in [-0.1, -0.05) is 19.4 Å². The lowest BCUT2D eigenvalue weighted by atomic mass is 9.97. The molecule has 0 aliphatic carbocycles. The van der Waals surface area contributed by atoms with Gasteiger partial charge in [0.25, 0.3) is 0 Å². The van der Waals surface area contributed by atoms with E-state index in [0.29, 0.717) is 0 Å². The van der Waals surface area contributed by atoms with Crippen LogP contribution in [-0.4, -0.2) is 13.2 Å². The summed E-state index contributed by atoms with van der Waals surface area (Å²) in [6.45, 7) is 6.42. The maximum Gasteiger partial charge on any atom is 0.122 e. The summed E-state index contributed by atoms with van der Waals surface area (Å²) in [6.07, 6.45) is 4.47. The smallest absolute Gasteiger partial charge is 0.122 e. The van der Waals surface area contributed by atoms with E-state index >= 15 is 0 Å². The van der Waals surface area contributed by atoms with Gasteiger partial charge >= 0.3 is 0 Å². The summed E-state index contributed by atoms with van der Waals surface area (Å²) in [7, 11) is 1.74. The van der Waals surface area contributed by atoms with Gasteiger partial charge in [-0.3, -0.25) is 0 Å². The largest absolute Gasteiger partial charge is 0.496 e. The Balaban J connectivity index is 2.97. The molecule has 0 saturated carbocycles. The number of benzene rings is 1. The predicted molar refractivity (Wildman–Crippen MR) is 73.7 cm³/mol. The molecule has 2 nitrogen and oxygen atoms in total. The third kappa shape index (κ3) is 4.04. The first-order valence-corrected chi connectivity index (χ1v) is 6.50. The summed E-state index contributed by atoms with van der Waals surface area (Å²) >= 11 is 0. The number of hydrogen-bond acceptors (Lipinski definition) is 2. The van der Waals surface area contributed by atoms with E-state index in [1.807, 2.05) is 6.92 Å². The molecule has 2 heteroatoms. The first kappa shape index (κ1) is 14.0. The summed E-state index contributed by atoms with van der Waals surface area (Å²) < 4.78 is 5.47. The number of hydrogen-bond donors (Lipinski definition) is 1. The second-order valence-corrected chi connectivity index (χ2v) is 4.88. The Labute approximate surface area is 105 Å². The van der Waals surface area contributed by atoms with Gasteiger partial charge in [-0.2, -0.15) is 0 Å². The average Bonchev–Trinajstić information content (AvgIpc) is 2.27. The van der Waals surface area contributed by atoms with E-state index in [-0.39, 0.29) is 6.04 Å². The van der Waals surface area contributed by atoms with Gasteiger partial charge in [0, 0.05) is 6.04 Å². The fourth-order valence-corrected chi connectivity index (χ4v) is 2.12. The predicted octanol–water partition coefficient (Wildman–Crippen LogP) is 3.24. The maximum absolute atomic E-state index is 5.86. The van der Waals surface area contributed by atoms with Crippen molar-refractivity contribution in [3.05, 3.63) is 28.8 Å². The van der Waals surface area contributed by atoms with E-state index in [0.717, 1.165) is 18.6 Å². The molecule has 96 valence electrons. The van der Waals surface area contributed by atoms with Gasteiger partial charge in [0.05, 0.1) is 7.11 Å². The third-order valence-electron chi connectivity index (χ3n) is 3.08. The minimum absolute atomic E-state index is 0.171. The van der Waals surface area contributed by atoms with Crippen LogP contribution < -0.4 is 10.5 Å². The molecule has 2 N–H and O–H groups in total. The van der Waals surface area contributed by atoms with Gasteiger partial charge in [0.1, 0.15) is 5.75 Å². The van der Waals surface area contributed by atoms with Crippen LogP contribution in [0.2, 0.25) is 0 Å². The fourth-order valence-electron chi connectivity index (χ4n) is 2.12. The molecule has 0 fully saturated rings. The highest BCUT2D eigenvalue weighted by Gasteiger charge is 2.09. The third-order valence-corrected chi connectivity index (χ3v) is 3.08. The molecule has 1 unspecified atom stereocenters. The standard InChI is InChI=1S/C15H25NO/c1-5-6-7-13-10-15(17-4)14(8-11(13)2)9-12(3)16/h8,10,12H,5-7,9,16H2,1-4H3. The molecule has 1 rings (SSSR count). The Morgan fingerprint density at radius 1 is 1.29 bits per heavy atom. The number of unbranched alkanes of at least 4 members (excludes halogenated alkanes) is 1. The van der Waals surface area contributed by atoms with Crippen molar-refractivity contribution in [2.45, 2.75) is 52.5 Å². The van der Waals surface area contributed by atoms with Gasteiger partial charge in [-0.15, -0.1) is 0 Å². The van der Waals surface area contributed by atoms with E-state index in [1.54, 1.807) is 7.11 Å².